The molecule has 0 spiro atoms. The summed E-state index contributed by atoms with van der Waals surface area (Å²) in [5.74, 6) is 0.391. The van der Waals surface area contributed by atoms with Gasteiger partial charge in [-0.05, 0) is 29.8 Å². The minimum atomic E-state index is -0.580. The molecule has 166 valence electrons. The van der Waals surface area contributed by atoms with Crippen LogP contribution in [0, 0.1) is 10.1 Å². The Hall–Kier alpha value is -4.66. The van der Waals surface area contributed by atoms with Gasteiger partial charge >= 0.3 is 0 Å². The van der Waals surface area contributed by atoms with Gasteiger partial charge in [-0.15, -0.1) is 0 Å². The molecule has 0 saturated heterocycles. The molecule has 0 fully saturated rings. The van der Waals surface area contributed by atoms with Gasteiger partial charge in [-0.1, -0.05) is 30.3 Å². The fourth-order valence-electron chi connectivity index (χ4n) is 3.41. The summed E-state index contributed by atoms with van der Waals surface area (Å²) in [5, 5.41) is 24.1. The molecule has 0 aliphatic heterocycles. The van der Waals surface area contributed by atoms with Crippen LogP contribution in [0.1, 0.15) is 6.92 Å². The third-order valence-electron chi connectivity index (χ3n) is 4.90. The van der Waals surface area contributed by atoms with Gasteiger partial charge in [-0.3, -0.25) is 20.2 Å². The first-order valence-corrected chi connectivity index (χ1v) is 9.87. The Bertz CT molecular complexity index is 1360. The number of rotatable bonds is 6. The van der Waals surface area contributed by atoms with Gasteiger partial charge in [0.05, 0.1) is 18.1 Å². The molecule has 1 amide bonds. The highest BCUT2D eigenvalue weighted by molar-refractivity contribution is 5.92. The number of nitro groups is 1. The number of phenols is 1. The maximum Gasteiger partial charge on any atom is 0.273 e. The molecule has 0 atom stereocenters. The van der Waals surface area contributed by atoms with Crippen molar-refractivity contribution in [2.75, 3.05) is 12.4 Å². The summed E-state index contributed by atoms with van der Waals surface area (Å²) < 4.78 is 11.2. The summed E-state index contributed by atoms with van der Waals surface area (Å²) in [6.07, 6.45) is 0. The molecule has 0 unspecified atom stereocenters. The maximum atomic E-state index is 11.8. The Labute approximate surface area is 188 Å². The lowest BCUT2D eigenvalue weighted by Crippen LogP contribution is -2.05. The van der Waals surface area contributed by atoms with Crippen LogP contribution in [-0.2, 0) is 4.79 Å². The lowest BCUT2D eigenvalue weighted by atomic mass is 9.98. The van der Waals surface area contributed by atoms with Crippen molar-refractivity contribution < 1.29 is 24.0 Å². The van der Waals surface area contributed by atoms with Crippen molar-refractivity contribution in [1.82, 2.24) is 4.98 Å². The molecule has 0 aliphatic carbocycles. The number of non-ortho nitro benzene ring substituents is 1. The van der Waals surface area contributed by atoms with Crippen molar-refractivity contribution in [1.29, 1.82) is 0 Å². The summed E-state index contributed by atoms with van der Waals surface area (Å²) >= 11 is 0. The van der Waals surface area contributed by atoms with Crippen LogP contribution < -0.4 is 10.1 Å². The first-order valence-electron chi connectivity index (χ1n) is 9.87. The lowest BCUT2D eigenvalue weighted by Gasteiger charge is -2.08. The van der Waals surface area contributed by atoms with Crippen LogP contribution in [0.5, 0.6) is 11.5 Å². The van der Waals surface area contributed by atoms with Gasteiger partial charge in [0.15, 0.2) is 0 Å². The third-order valence-corrected chi connectivity index (χ3v) is 4.90. The fraction of sp³-hybridized carbons (Fsp3) is 0.0833. The zero-order valence-corrected chi connectivity index (χ0v) is 17.7. The number of aromatic nitrogens is 1. The molecular formula is C24H19N3O6. The standard InChI is InChI=1S/C24H19N3O6/c1-14(28)25-24-22(15-6-5-7-17(12-15)32-2)26-23(33-24)20-9-4-3-8-18(20)19-11-10-16(27(30)31)13-21(19)29/h3-13,29H,1-2H3,(H,25,28). The van der Waals surface area contributed by atoms with Gasteiger partial charge in [0, 0.05) is 29.7 Å². The largest absolute Gasteiger partial charge is 0.507 e. The van der Waals surface area contributed by atoms with Crippen molar-refractivity contribution in [3.8, 4) is 45.3 Å². The number of aromatic hydroxyl groups is 1. The number of ether oxygens (including phenoxy) is 1. The van der Waals surface area contributed by atoms with Gasteiger partial charge in [0.1, 0.15) is 17.2 Å². The van der Waals surface area contributed by atoms with Gasteiger partial charge in [0.2, 0.25) is 17.7 Å². The average molecular weight is 445 g/mol. The van der Waals surface area contributed by atoms with Crippen molar-refractivity contribution >= 4 is 17.5 Å². The Morgan fingerprint density at radius 2 is 1.82 bits per heavy atom. The van der Waals surface area contributed by atoms with Gasteiger partial charge < -0.3 is 14.3 Å². The van der Waals surface area contributed by atoms with E-state index in [9.17, 15) is 20.0 Å². The topological polar surface area (TPSA) is 128 Å². The Morgan fingerprint density at radius 1 is 1.06 bits per heavy atom. The van der Waals surface area contributed by atoms with Crippen LogP contribution in [0.2, 0.25) is 0 Å². The van der Waals surface area contributed by atoms with Crippen LogP contribution in [0.15, 0.2) is 71.1 Å². The molecule has 9 heteroatoms. The molecule has 4 rings (SSSR count). The first-order chi connectivity index (χ1) is 15.9. The summed E-state index contributed by atoms with van der Waals surface area (Å²) in [7, 11) is 1.55. The minimum Gasteiger partial charge on any atom is -0.507 e. The normalized spacial score (nSPS) is 10.6. The second kappa shape index (κ2) is 8.83. The van der Waals surface area contributed by atoms with Crippen LogP contribution in [-0.4, -0.2) is 28.0 Å². The molecule has 2 N–H and O–H groups in total. The van der Waals surface area contributed by atoms with Gasteiger partial charge in [0.25, 0.3) is 5.69 Å². The number of nitrogens with one attached hydrogen (secondary N) is 1. The summed E-state index contributed by atoms with van der Waals surface area (Å²) in [5.41, 5.74) is 2.31. The second-order valence-corrected chi connectivity index (χ2v) is 7.11. The highest BCUT2D eigenvalue weighted by Crippen LogP contribution is 2.41. The third kappa shape index (κ3) is 4.38. The number of oxazole rings is 1. The molecule has 33 heavy (non-hydrogen) atoms. The number of carbonyl (C=O) groups excluding carboxylic acids is 1. The average Bonchev–Trinajstić information content (AvgIpc) is 3.22. The van der Waals surface area contributed by atoms with Crippen molar-refractivity contribution in [2.45, 2.75) is 6.92 Å². The van der Waals surface area contributed by atoms with Crippen LogP contribution in [0.25, 0.3) is 33.8 Å². The van der Waals surface area contributed by atoms with E-state index in [-0.39, 0.29) is 29.1 Å². The minimum absolute atomic E-state index is 0.161. The molecule has 0 radical (unpaired) electrons. The van der Waals surface area contributed by atoms with E-state index in [2.05, 4.69) is 10.3 Å². The zero-order chi connectivity index (χ0) is 23.5. The van der Waals surface area contributed by atoms with E-state index in [1.807, 2.05) is 6.07 Å². The number of hydrogen-bond acceptors (Lipinski definition) is 7. The second-order valence-electron chi connectivity index (χ2n) is 7.11. The number of nitrogens with zero attached hydrogens (tertiary/aromatic N) is 2. The number of hydrogen-bond donors (Lipinski definition) is 2. The molecule has 9 nitrogen and oxygen atoms in total. The number of nitro benzene ring substituents is 1. The Kier molecular flexibility index (Phi) is 5.77. The van der Waals surface area contributed by atoms with Gasteiger partial charge in [-0.25, -0.2) is 4.98 Å². The number of methoxy groups -OCH3 is 1. The molecule has 1 heterocycles. The molecule has 0 aliphatic rings. The maximum absolute atomic E-state index is 11.8. The molecule has 0 saturated carbocycles. The number of benzene rings is 3. The van der Waals surface area contributed by atoms with Gasteiger partial charge in [-0.2, -0.15) is 0 Å². The van der Waals surface area contributed by atoms with E-state index in [1.54, 1.807) is 49.6 Å². The van der Waals surface area contributed by atoms with Crippen LogP contribution >= 0.6 is 0 Å². The van der Waals surface area contributed by atoms with Crippen LogP contribution in [0.3, 0.4) is 0 Å². The Morgan fingerprint density at radius 3 is 2.48 bits per heavy atom. The predicted octanol–water partition coefficient (Wildman–Crippen LogP) is 5.26. The summed E-state index contributed by atoms with van der Waals surface area (Å²) in [6.45, 7) is 1.36. The summed E-state index contributed by atoms with van der Waals surface area (Å²) in [6, 6.07) is 18.0. The molecule has 0 bridgehead atoms. The zero-order valence-electron chi connectivity index (χ0n) is 17.7. The van der Waals surface area contributed by atoms with E-state index in [4.69, 9.17) is 9.15 Å². The van der Waals surface area contributed by atoms with E-state index in [1.165, 1.54) is 19.1 Å². The number of carbonyl (C=O) groups is 1. The highest BCUT2D eigenvalue weighted by atomic mass is 16.6. The van der Waals surface area contributed by atoms with Crippen molar-refractivity contribution in [2.24, 2.45) is 0 Å². The molecule has 3 aromatic carbocycles. The monoisotopic (exact) mass is 445 g/mol. The number of phenolic OH excluding ortho intramolecular Hbond substituents is 1. The van der Waals surface area contributed by atoms with Crippen molar-refractivity contribution in [3.05, 3.63) is 76.8 Å². The fourth-order valence-corrected chi connectivity index (χ4v) is 3.41. The van der Waals surface area contributed by atoms with E-state index >= 15 is 0 Å². The predicted molar refractivity (Wildman–Crippen MR) is 122 cm³/mol. The molecule has 1 aromatic heterocycles. The highest BCUT2D eigenvalue weighted by Gasteiger charge is 2.21. The van der Waals surface area contributed by atoms with Crippen LogP contribution in [0.4, 0.5) is 11.6 Å². The number of anilines is 1. The smallest absolute Gasteiger partial charge is 0.273 e. The Balaban J connectivity index is 1.86. The van der Waals surface area contributed by atoms with E-state index < -0.39 is 4.92 Å². The number of amides is 1. The lowest BCUT2D eigenvalue weighted by molar-refractivity contribution is -0.384. The quantitative estimate of drug-likeness (QED) is 0.306. The SMILES string of the molecule is COc1cccc(-c2nc(-c3ccccc3-c3ccc([N+](=O)[O-])cc3O)oc2NC(C)=O)c1. The summed E-state index contributed by atoms with van der Waals surface area (Å²) in [4.78, 5) is 26.8. The molecular weight excluding hydrogens is 426 g/mol. The van der Waals surface area contributed by atoms with Crippen molar-refractivity contribution in [3.63, 3.8) is 0 Å². The van der Waals surface area contributed by atoms with E-state index in [0.29, 0.717) is 33.7 Å². The molecule has 4 aromatic rings. The first kappa shape index (κ1) is 21.6. The van der Waals surface area contributed by atoms with E-state index in [0.717, 1.165) is 6.07 Å².